The highest BCUT2D eigenvalue weighted by atomic mass is 35.5. The van der Waals surface area contributed by atoms with E-state index in [-0.39, 0.29) is 0 Å². The van der Waals surface area contributed by atoms with Crippen LogP contribution >= 0.6 is 11.6 Å². The molecule has 0 radical (unpaired) electrons. The monoisotopic (exact) mass is 231 g/mol. The second-order valence-corrected chi connectivity index (χ2v) is 4.13. The fourth-order valence-electron chi connectivity index (χ4n) is 1.78. The number of benzene rings is 2. The Hall–Kier alpha value is -1.31. The van der Waals surface area contributed by atoms with Crippen molar-refractivity contribution >= 4 is 11.6 Å². The summed E-state index contributed by atoms with van der Waals surface area (Å²) in [7, 11) is 1.96. The van der Waals surface area contributed by atoms with Gasteiger partial charge in [0, 0.05) is 11.6 Å². The quantitative estimate of drug-likeness (QED) is 0.849. The van der Waals surface area contributed by atoms with Crippen molar-refractivity contribution in [3.63, 3.8) is 0 Å². The van der Waals surface area contributed by atoms with Crippen LogP contribution in [0.15, 0.2) is 48.5 Å². The third-order valence-corrected chi connectivity index (χ3v) is 2.79. The van der Waals surface area contributed by atoms with Crippen LogP contribution in [0.2, 0.25) is 5.02 Å². The lowest BCUT2D eigenvalue weighted by Gasteiger charge is -2.09. The van der Waals surface area contributed by atoms with Crippen molar-refractivity contribution in [3.8, 4) is 11.1 Å². The Morgan fingerprint density at radius 1 is 1.00 bits per heavy atom. The summed E-state index contributed by atoms with van der Waals surface area (Å²) < 4.78 is 0. The molecule has 0 aliphatic heterocycles. The van der Waals surface area contributed by atoms with E-state index in [1.807, 2.05) is 19.2 Å². The van der Waals surface area contributed by atoms with Crippen molar-refractivity contribution in [1.82, 2.24) is 5.32 Å². The Morgan fingerprint density at radius 3 is 2.38 bits per heavy atom. The largest absolute Gasteiger partial charge is 0.316 e. The summed E-state index contributed by atoms with van der Waals surface area (Å²) in [5.41, 5.74) is 3.76. The van der Waals surface area contributed by atoms with E-state index in [0.29, 0.717) is 0 Å². The van der Waals surface area contributed by atoms with Gasteiger partial charge in [0.1, 0.15) is 0 Å². The molecule has 0 aliphatic carbocycles. The first kappa shape index (κ1) is 11.2. The number of nitrogens with one attached hydrogen (secondary N) is 1. The van der Waals surface area contributed by atoms with E-state index in [1.54, 1.807) is 0 Å². The summed E-state index contributed by atoms with van der Waals surface area (Å²) in [6, 6.07) is 16.3. The van der Waals surface area contributed by atoms with Crippen LogP contribution in [0, 0.1) is 0 Å². The van der Waals surface area contributed by atoms with Crippen LogP contribution in [0.4, 0.5) is 0 Å². The summed E-state index contributed by atoms with van der Waals surface area (Å²) in [5, 5.41) is 3.95. The van der Waals surface area contributed by atoms with Gasteiger partial charge in [0.25, 0.3) is 0 Å². The number of hydrogen-bond donors (Lipinski definition) is 1. The smallest absolute Gasteiger partial charge is 0.0406 e. The van der Waals surface area contributed by atoms with Gasteiger partial charge in [-0.3, -0.25) is 0 Å². The first-order valence-corrected chi connectivity index (χ1v) is 5.67. The summed E-state index contributed by atoms with van der Waals surface area (Å²) in [5.74, 6) is 0. The second kappa shape index (κ2) is 5.15. The minimum atomic E-state index is 0.773. The van der Waals surface area contributed by atoms with Crippen molar-refractivity contribution in [2.75, 3.05) is 7.05 Å². The third-order valence-electron chi connectivity index (χ3n) is 2.54. The van der Waals surface area contributed by atoms with E-state index in [9.17, 15) is 0 Å². The van der Waals surface area contributed by atoms with Crippen molar-refractivity contribution in [2.24, 2.45) is 0 Å². The summed E-state index contributed by atoms with van der Waals surface area (Å²) in [6.07, 6.45) is 0. The molecule has 2 heteroatoms. The van der Waals surface area contributed by atoms with E-state index in [0.717, 1.165) is 11.6 Å². The Balaban J connectivity index is 2.42. The van der Waals surface area contributed by atoms with Crippen molar-refractivity contribution in [1.29, 1.82) is 0 Å². The summed E-state index contributed by atoms with van der Waals surface area (Å²) in [4.78, 5) is 0. The molecule has 16 heavy (non-hydrogen) atoms. The van der Waals surface area contributed by atoms with Gasteiger partial charge < -0.3 is 5.32 Å². The molecule has 2 aromatic rings. The molecular weight excluding hydrogens is 218 g/mol. The fourth-order valence-corrected chi connectivity index (χ4v) is 1.90. The van der Waals surface area contributed by atoms with Gasteiger partial charge in [-0.15, -0.1) is 0 Å². The zero-order chi connectivity index (χ0) is 11.4. The maximum absolute atomic E-state index is 5.89. The standard InChI is InChI=1S/C14H14ClN/c1-16-10-12-4-2-3-5-14(12)11-6-8-13(15)9-7-11/h2-9,16H,10H2,1H3. The van der Waals surface area contributed by atoms with Crippen LogP contribution < -0.4 is 5.32 Å². The molecule has 0 heterocycles. The summed E-state index contributed by atoms with van der Waals surface area (Å²) >= 11 is 5.89. The highest BCUT2D eigenvalue weighted by molar-refractivity contribution is 6.30. The predicted octanol–water partition coefficient (Wildman–Crippen LogP) is 3.73. The average Bonchev–Trinajstić information content (AvgIpc) is 2.32. The zero-order valence-corrected chi connectivity index (χ0v) is 9.96. The molecule has 0 amide bonds. The minimum Gasteiger partial charge on any atom is -0.316 e. The molecule has 0 aliphatic rings. The highest BCUT2D eigenvalue weighted by Crippen LogP contribution is 2.24. The fraction of sp³-hybridized carbons (Fsp3) is 0.143. The first-order valence-electron chi connectivity index (χ1n) is 5.29. The number of halogens is 1. The van der Waals surface area contributed by atoms with E-state index in [1.165, 1.54) is 16.7 Å². The summed E-state index contributed by atoms with van der Waals surface area (Å²) in [6.45, 7) is 0.874. The van der Waals surface area contributed by atoms with Crippen LogP contribution in [0.5, 0.6) is 0 Å². The van der Waals surface area contributed by atoms with E-state index in [2.05, 4.69) is 41.7 Å². The van der Waals surface area contributed by atoms with Gasteiger partial charge >= 0.3 is 0 Å². The van der Waals surface area contributed by atoms with E-state index < -0.39 is 0 Å². The van der Waals surface area contributed by atoms with Gasteiger partial charge in [-0.05, 0) is 35.9 Å². The SMILES string of the molecule is CNCc1ccccc1-c1ccc(Cl)cc1. The Labute approximate surface area is 101 Å². The van der Waals surface area contributed by atoms with Gasteiger partial charge in [-0.2, -0.15) is 0 Å². The van der Waals surface area contributed by atoms with Gasteiger partial charge in [0.15, 0.2) is 0 Å². The van der Waals surface area contributed by atoms with Crippen molar-refractivity contribution in [2.45, 2.75) is 6.54 Å². The van der Waals surface area contributed by atoms with Crippen molar-refractivity contribution < 1.29 is 0 Å². The average molecular weight is 232 g/mol. The highest BCUT2D eigenvalue weighted by Gasteiger charge is 2.03. The number of hydrogen-bond acceptors (Lipinski definition) is 1. The Kier molecular flexibility index (Phi) is 3.60. The van der Waals surface area contributed by atoms with Gasteiger partial charge in [-0.25, -0.2) is 0 Å². The lowest BCUT2D eigenvalue weighted by Crippen LogP contribution is -2.06. The molecule has 0 spiro atoms. The van der Waals surface area contributed by atoms with E-state index in [4.69, 9.17) is 11.6 Å². The first-order chi connectivity index (χ1) is 7.81. The molecule has 0 atom stereocenters. The molecule has 0 aromatic heterocycles. The van der Waals surface area contributed by atoms with Gasteiger partial charge in [-0.1, -0.05) is 48.0 Å². The predicted molar refractivity (Wildman–Crippen MR) is 69.7 cm³/mol. The molecule has 82 valence electrons. The molecule has 0 unspecified atom stereocenters. The molecule has 1 N–H and O–H groups in total. The maximum Gasteiger partial charge on any atom is 0.0406 e. The Morgan fingerprint density at radius 2 is 1.69 bits per heavy atom. The lowest BCUT2D eigenvalue weighted by atomic mass is 10.00. The molecule has 0 fully saturated rings. The van der Waals surface area contributed by atoms with Crippen LogP contribution in [0.1, 0.15) is 5.56 Å². The second-order valence-electron chi connectivity index (χ2n) is 3.69. The normalized spacial score (nSPS) is 10.4. The minimum absolute atomic E-state index is 0.773. The van der Waals surface area contributed by atoms with Crippen LogP contribution in [0.3, 0.4) is 0 Å². The molecule has 2 aromatic carbocycles. The van der Waals surface area contributed by atoms with Crippen LogP contribution in [0.25, 0.3) is 11.1 Å². The molecule has 0 saturated heterocycles. The number of rotatable bonds is 3. The lowest BCUT2D eigenvalue weighted by molar-refractivity contribution is 0.819. The third kappa shape index (κ3) is 2.43. The van der Waals surface area contributed by atoms with Crippen LogP contribution in [-0.4, -0.2) is 7.05 Å². The van der Waals surface area contributed by atoms with E-state index >= 15 is 0 Å². The molecule has 0 bridgehead atoms. The van der Waals surface area contributed by atoms with Crippen LogP contribution in [-0.2, 0) is 6.54 Å². The molecule has 0 saturated carbocycles. The van der Waals surface area contributed by atoms with Gasteiger partial charge in [0.2, 0.25) is 0 Å². The maximum atomic E-state index is 5.89. The van der Waals surface area contributed by atoms with Gasteiger partial charge in [0.05, 0.1) is 0 Å². The molecule has 1 nitrogen and oxygen atoms in total. The van der Waals surface area contributed by atoms with Crippen molar-refractivity contribution in [3.05, 3.63) is 59.1 Å². The zero-order valence-electron chi connectivity index (χ0n) is 9.20. The molecular formula is C14H14ClN. The topological polar surface area (TPSA) is 12.0 Å². The molecule has 2 rings (SSSR count). The Bertz CT molecular complexity index is 462.